The minimum atomic E-state index is 0.983. The zero-order chi connectivity index (χ0) is 30.5. The summed E-state index contributed by atoms with van der Waals surface area (Å²) < 4.78 is 0. The highest BCUT2D eigenvalue weighted by atomic mass is 14.7. The van der Waals surface area contributed by atoms with Gasteiger partial charge in [0.2, 0.25) is 0 Å². The molecule has 214 valence electrons. The van der Waals surface area contributed by atoms with Crippen LogP contribution in [0.4, 0.5) is 0 Å². The Morgan fingerprint density at radius 2 is 0.739 bits per heavy atom. The lowest BCUT2D eigenvalue weighted by Crippen LogP contribution is -1.91. The molecular formula is C44H28N2. The lowest BCUT2D eigenvalue weighted by Gasteiger charge is -2.18. The highest BCUT2D eigenvalue weighted by Crippen LogP contribution is 2.44. The van der Waals surface area contributed by atoms with Gasteiger partial charge >= 0.3 is 0 Å². The average Bonchev–Trinajstić information content (AvgIpc) is 3.15. The van der Waals surface area contributed by atoms with Gasteiger partial charge in [-0.25, -0.2) is 0 Å². The third-order valence-corrected chi connectivity index (χ3v) is 9.18. The van der Waals surface area contributed by atoms with Gasteiger partial charge in [-0.3, -0.25) is 9.97 Å². The van der Waals surface area contributed by atoms with E-state index in [2.05, 4.69) is 137 Å². The van der Waals surface area contributed by atoms with E-state index in [9.17, 15) is 0 Å². The van der Waals surface area contributed by atoms with Crippen LogP contribution in [0.2, 0.25) is 0 Å². The van der Waals surface area contributed by atoms with Crippen molar-refractivity contribution in [2.24, 2.45) is 0 Å². The lowest BCUT2D eigenvalue weighted by molar-refractivity contribution is 1.33. The zero-order valence-electron chi connectivity index (χ0n) is 25.1. The number of rotatable bonds is 5. The molecule has 0 bridgehead atoms. The highest BCUT2D eigenvalue weighted by Gasteiger charge is 2.17. The molecule has 0 saturated heterocycles. The van der Waals surface area contributed by atoms with Crippen LogP contribution in [0.15, 0.2) is 170 Å². The van der Waals surface area contributed by atoms with E-state index in [-0.39, 0.29) is 0 Å². The van der Waals surface area contributed by atoms with Gasteiger partial charge in [-0.2, -0.15) is 0 Å². The Bertz CT molecular complexity index is 2450. The van der Waals surface area contributed by atoms with E-state index in [1.807, 2.05) is 42.7 Å². The molecule has 0 N–H and O–H groups in total. The van der Waals surface area contributed by atoms with Crippen LogP contribution in [0, 0.1) is 0 Å². The molecule has 0 atom stereocenters. The maximum atomic E-state index is 4.55. The highest BCUT2D eigenvalue weighted by molar-refractivity contribution is 6.28. The number of benzene rings is 7. The summed E-state index contributed by atoms with van der Waals surface area (Å²) in [7, 11) is 0. The van der Waals surface area contributed by atoms with E-state index in [0.29, 0.717) is 0 Å². The van der Waals surface area contributed by atoms with Crippen LogP contribution in [-0.2, 0) is 0 Å². The summed E-state index contributed by atoms with van der Waals surface area (Å²) in [5.41, 5.74) is 11.5. The molecule has 0 fully saturated rings. The number of hydrogen-bond acceptors (Lipinski definition) is 2. The summed E-state index contributed by atoms with van der Waals surface area (Å²) in [6.45, 7) is 0. The standard InChI is InChI=1S/C44H28N2/c1-3-26-45-41(8-1)33-18-12-30(13-19-33)29-10-14-31(15-11-29)39-28-40(32-16-20-34(21-17-32)42-9-2-4-27-46-42)38-25-23-36-7-5-6-35-22-24-37(39)44(38)43(35)36/h1-28H. The smallest absolute Gasteiger partial charge is 0.0701 e. The molecule has 0 aliphatic heterocycles. The first-order valence-electron chi connectivity index (χ1n) is 15.6. The van der Waals surface area contributed by atoms with Crippen molar-refractivity contribution < 1.29 is 0 Å². The number of aromatic nitrogens is 2. The molecule has 0 radical (unpaired) electrons. The largest absolute Gasteiger partial charge is 0.256 e. The zero-order valence-corrected chi connectivity index (χ0v) is 25.1. The van der Waals surface area contributed by atoms with Gasteiger partial charge in [-0.15, -0.1) is 0 Å². The summed E-state index contributed by atoms with van der Waals surface area (Å²) in [6.07, 6.45) is 3.68. The minimum Gasteiger partial charge on any atom is -0.256 e. The second-order valence-corrected chi connectivity index (χ2v) is 11.8. The van der Waals surface area contributed by atoms with Gasteiger partial charge in [-0.05, 0) is 96.0 Å². The molecule has 0 saturated carbocycles. The summed E-state index contributed by atoms with van der Waals surface area (Å²) in [5.74, 6) is 0. The molecular weight excluding hydrogens is 556 g/mol. The van der Waals surface area contributed by atoms with Gasteiger partial charge < -0.3 is 0 Å². The molecule has 9 aromatic rings. The fourth-order valence-corrected chi connectivity index (χ4v) is 6.87. The van der Waals surface area contributed by atoms with Crippen molar-refractivity contribution in [3.63, 3.8) is 0 Å². The quantitative estimate of drug-likeness (QED) is 0.188. The Labute approximate surface area is 267 Å². The van der Waals surface area contributed by atoms with Crippen LogP contribution in [0.1, 0.15) is 0 Å². The van der Waals surface area contributed by atoms with E-state index in [0.717, 1.165) is 22.5 Å². The molecule has 46 heavy (non-hydrogen) atoms. The summed E-state index contributed by atoms with van der Waals surface area (Å²) in [6, 6.07) is 56.7. The summed E-state index contributed by atoms with van der Waals surface area (Å²) >= 11 is 0. The molecule has 2 nitrogen and oxygen atoms in total. The number of pyridine rings is 2. The summed E-state index contributed by atoms with van der Waals surface area (Å²) in [5, 5.41) is 7.75. The van der Waals surface area contributed by atoms with Crippen molar-refractivity contribution in [3.8, 4) is 55.9 Å². The van der Waals surface area contributed by atoms with Gasteiger partial charge in [0.15, 0.2) is 0 Å². The predicted molar refractivity (Wildman–Crippen MR) is 193 cm³/mol. The number of hydrogen-bond donors (Lipinski definition) is 0. The number of nitrogens with zero attached hydrogens (tertiary/aromatic N) is 2. The van der Waals surface area contributed by atoms with Crippen molar-refractivity contribution in [2.45, 2.75) is 0 Å². The van der Waals surface area contributed by atoms with Gasteiger partial charge in [0, 0.05) is 23.5 Å². The molecule has 2 heterocycles. The van der Waals surface area contributed by atoms with Gasteiger partial charge in [-0.1, -0.05) is 127 Å². The normalized spacial score (nSPS) is 11.5. The molecule has 0 spiro atoms. The van der Waals surface area contributed by atoms with Gasteiger partial charge in [0.05, 0.1) is 11.4 Å². The molecule has 0 unspecified atom stereocenters. The molecule has 7 aromatic carbocycles. The van der Waals surface area contributed by atoms with Crippen LogP contribution >= 0.6 is 0 Å². The van der Waals surface area contributed by atoms with Crippen LogP contribution in [0.5, 0.6) is 0 Å². The van der Waals surface area contributed by atoms with Crippen LogP contribution < -0.4 is 0 Å². The molecule has 2 aromatic heterocycles. The van der Waals surface area contributed by atoms with Gasteiger partial charge in [0.25, 0.3) is 0 Å². The Morgan fingerprint density at radius 3 is 1.17 bits per heavy atom. The first kappa shape index (κ1) is 26.3. The Kier molecular flexibility index (Phi) is 6.17. The monoisotopic (exact) mass is 584 g/mol. The molecule has 9 rings (SSSR count). The third kappa shape index (κ3) is 4.43. The van der Waals surface area contributed by atoms with Crippen molar-refractivity contribution in [2.75, 3.05) is 0 Å². The Hall–Kier alpha value is -6.12. The van der Waals surface area contributed by atoms with Crippen LogP contribution in [0.25, 0.3) is 88.2 Å². The second-order valence-electron chi connectivity index (χ2n) is 11.8. The predicted octanol–water partition coefficient (Wildman–Crippen LogP) is 11.7. The topological polar surface area (TPSA) is 25.8 Å². The fraction of sp³-hybridized carbons (Fsp3) is 0. The molecule has 0 amide bonds. The Balaban J connectivity index is 1.18. The average molecular weight is 585 g/mol. The molecule has 0 aliphatic carbocycles. The first-order valence-corrected chi connectivity index (χ1v) is 15.6. The summed E-state index contributed by atoms with van der Waals surface area (Å²) in [4.78, 5) is 9.05. The van der Waals surface area contributed by atoms with Crippen LogP contribution in [0.3, 0.4) is 0 Å². The molecule has 0 aliphatic rings. The maximum Gasteiger partial charge on any atom is 0.0701 e. The van der Waals surface area contributed by atoms with E-state index < -0.39 is 0 Å². The van der Waals surface area contributed by atoms with Gasteiger partial charge in [0.1, 0.15) is 0 Å². The Morgan fingerprint density at radius 1 is 0.304 bits per heavy atom. The van der Waals surface area contributed by atoms with E-state index in [1.54, 1.807) is 0 Å². The first-order chi connectivity index (χ1) is 22.8. The fourth-order valence-electron chi connectivity index (χ4n) is 6.87. The van der Waals surface area contributed by atoms with Crippen molar-refractivity contribution in [1.82, 2.24) is 9.97 Å². The van der Waals surface area contributed by atoms with Crippen LogP contribution in [-0.4, -0.2) is 9.97 Å². The van der Waals surface area contributed by atoms with Crippen molar-refractivity contribution in [3.05, 3.63) is 170 Å². The van der Waals surface area contributed by atoms with Crippen molar-refractivity contribution >= 4 is 32.3 Å². The third-order valence-electron chi connectivity index (χ3n) is 9.18. The van der Waals surface area contributed by atoms with E-state index in [4.69, 9.17) is 0 Å². The molecule has 2 heteroatoms. The van der Waals surface area contributed by atoms with E-state index >= 15 is 0 Å². The second kappa shape index (κ2) is 10.8. The SMILES string of the molecule is c1ccc(-c2ccc(-c3ccc(-c4cc(-c5ccc(-c6ccccn6)cc5)c5ccc6cccc7ccc4c5c76)cc3)cc2)nc1. The lowest BCUT2D eigenvalue weighted by atomic mass is 9.85. The van der Waals surface area contributed by atoms with E-state index in [1.165, 1.54) is 65.7 Å². The van der Waals surface area contributed by atoms with Crippen molar-refractivity contribution in [1.29, 1.82) is 0 Å². The maximum absolute atomic E-state index is 4.55. The minimum absolute atomic E-state index is 0.983.